The Morgan fingerprint density at radius 1 is 0.619 bits per heavy atom. The summed E-state index contributed by atoms with van der Waals surface area (Å²) in [6.07, 6.45) is 0. The molecular formula is C10H24N2O8Yb. The first-order valence-corrected chi connectivity index (χ1v) is 5.03. The summed E-state index contributed by atoms with van der Waals surface area (Å²) in [4.78, 5) is 36.0. The molecule has 0 aromatic heterocycles. The van der Waals surface area contributed by atoms with Gasteiger partial charge in [0.15, 0.2) is 0 Å². The number of carbonyl (C=O) groups is 4. The van der Waals surface area contributed by atoms with E-state index >= 15 is 0 Å². The molecule has 0 bridgehead atoms. The Hall–Kier alpha value is -0.681. The zero-order valence-electron chi connectivity index (χ0n) is 12.3. The van der Waals surface area contributed by atoms with Gasteiger partial charge in [0.2, 0.25) is 0 Å². The standard InChI is InChI=1S/C2H8N2.4C2H4O2.Yb/c3-1-2-4;4*1-2(3)4;/h1-4H2;4*1H3,(H,3,4);. The van der Waals surface area contributed by atoms with Gasteiger partial charge in [-0.25, -0.2) is 0 Å². The van der Waals surface area contributed by atoms with Crippen LogP contribution in [-0.2, 0) is 19.2 Å². The number of rotatable bonds is 1. The second kappa shape index (κ2) is 36.5. The fourth-order valence-electron chi connectivity index (χ4n) is 0. The van der Waals surface area contributed by atoms with Gasteiger partial charge in [0, 0.05) is 87.7 Å². The zero-order valence-corrected chi connectivity index (χ0v) is 14.0. The molecule has 0 saturated carbocycles. The van der Waals surface area contributed by atoms with Crippen molar-refractivity contribution in [2.45, 2.75) is 27.7 Å². The van der Waals surface area contributed by atoms with Crippen molar-refractivity contribution in [3.05, 3.63) is 0 Å². The van der Waals surface area contributed by atoms with Gasteiger partial charge in [0.1, 0.15) is 0 Å². The van der Waals surface area contributed by atoms with Crippen LogP contribution in [0.2, 0.25) is 0 Å². The summed E-state index contributed by atoms with van der Waals surface area (Å²) in [5.74, 6) is -3.33. The second-order valence-corrected chi connectivity index (χ2v) is 2.65. The molecule has 0 spiro atoms. The van der Waals surface area contributed by atoms with Gasteiger partial charge in [-0.2, -0.15) is 0 Å². The predicted molar refractivity (Wildman–Crippen MR) is 71.3 cm³/mol. The Morgan fingerprint density at radius 2 is 0.667 bits per heavy atom. The molecule has 10 nitrogen and oxygen atoms in total. The van der Waals surface area contributed by atoms with Gasteiger partial charge in [-0.15, -0.1) is 0 Å². The third kappa shape index (κ3) is 56800. The molecule has 0 radical (unpaired) electrons. The summed E-state index contributed by atoms with van der Waals surface area (Å²) in [6.45, 7) is 5.53. The molecule has 0 aliphatic rings. The minimum Gasteiger partial charge on any atom is -0.481 e. The van der Waals surface area contributed by atoms with Gasteiger partial charge in [0.25, 0.3) is 23.9 Å². The minimum absolute atomic E-state index is 0. The molecule has 11 heteroatoms. The number of hydrogen-bond donors (Lipinski definition) is 6. The maximum Gasteiger partial charge on any atom is 0.300 e. The van der Waals surface area contributed by atoms with Crippen LogP contribution >= 0.6 is 0 Å². The Labute approximate surface area is 161 Å². The van der Waals surface area contributed by atoms with Gasteiger partial charge in [-0.3, -0.25) is 19.2 Å². The van der Waals surface area contributed by atoms with Crippen molar-refractivity contribution >= 4 is 23.9 Å². The number of aliphatic carboxylic acids is 4. The fraction of sp³-hybridized carbons (Fsp3) is 0.600. The Morgan fingerprint density at radius 3 is 0.667 bits per heavy atom. The molecule has 0 fully saturated rings. The topological polar surface area (TPSA) is 201 Å². The van der Waals surface area contributed by atoms with E-state index in [-0.39, 0.29) is 46.9 Å². The van der Waals surface area contributed by atoms with Crippen LogP contribution in [0.15, 0.2) is 0 Å². The molecule has 0 saturated heterocycles. The smallest absolute Gasteiger partial charge is 0.300 e. The van der Waals surface area contributed by atoms with Crippen LogP contribution in [0.1, 0.15) is 27.7 Å². The summed E-state index contributed by atoms with van der Waals surface area (Å²) < 4.78 is 0. The van der Waals surface area contributed by atoms with Gasteiger partial charge in [-0.05, 0) is 0 Å². The van der Waals surface area contributed by atoms with E-state index in [2.05, 4.69) is 0 Å². The Bertz CT molecular complexity index is 195. The van der Waals surface area contributed by atoms with Crippen LogP contribution in [0.4, 0.5) is 0 Å². The molecule has 136 valence electrons. The van der Waals surface area contributed by atoms with Crippen LogP contribution in [0.3, 0.4) is 0 Å². The van der Waals surface area contributed by atoms with Crippen LogP contribution in [0.5, 0.6) is 0 Å². The predicted octanol–water partition coefficient (Wildman–Crippen LogP) is -0.733. The molecule has 0 aliphatic heterocycles. The third-order valence-corrected chi connectivity index (χ3v) is 0.167. The van der Waals surface area contributed by atoms with Crippen LogP contribution in [-0.4, -0.2) is 57.4 Å². The van der Waals surface area contributed by atoms with Gasteiger partial charge in [0.05, 0.1) is 0 Å². The van der Waals surface area contributed by atoms with Crippen molar-refractivity contribution in [2.24, 2.45) is 11.5 Å². The van der Waals surface area contributed by atoms with E-state index in [9.17, 15) is 0 Å². The van der Waals surface area contributed by atoms with E-state index in [0.717, 1.165) is 27.7 Å². The minimum atomic E-state index is -0.833. The maximum atomic E-state index is 9.00. The molecule has 0 aromatic rings. The molecule has 0 amide bonds. The van der Waals surface area contributed by atoms with Crippen LogP contribution in [0.25, 0.3) is 0 Å². The number of nitrogens with two attached hydrogens (primary N) is 2. The van der Waals surface area contributed by atoms with Crippen molar-refractivity contribution in [2.75, 3.05) is 13.1 Å². The van der Waals surface area contributed by atoms with Crippen molar-refractivity contribution in [3.63, 3.8) is 0 Å². The molecule has 21 heavy (non-hydrogen) atoms. The fourth-order valence-corrected chi connectivity index (χ4v) is 0. The van der Waals surface area contributed by atoms with E-state index in [1.54, 1.807) is 0 Å². The van der Waals surface area contributed by atoms with Gasteiger partial charge >= 0.3 is 0 Å². The zero-order chi connectivity index (χ0) is 17.7. The SMILES string of the molecule is CC(=O)O.CC(=O)O.CC(=O)O.CC(=O)O.NCCN.[Yb]. The molecule has 0 aliphatic carbocycles. The van der Waals surface area contributed by atoms with Crippen molar-refractivity contribution in [1.82, 2.24) is 0 Å². The molecule has 0 aromatic carbocycles. The van der Waals surface area contributed by atoms with E-state index in [1.165, 1.54) is 0 Å². The second-order valence-electron chi connectivity index (χ2n) is 2.65. The van der Waals surface area contributed by atoms with Crippen LogP contribution < -0.4 is 11.5 Å². The first-order chi connectivity index (χ1) is 8.84. The summed E-state index contributed by atoms with van der Waals surface area (Å²) in [5, 5.41) is 29.7. The molecular weight excluding hydrogens is 449 g/mol. The average molecular weight is 473 g/mol. The van der Waals surface area contributed by atoms with Crippen molar-refractivity contribution in [3.8, 4) is 0 Å². The normalized spacial score (nSPS) is 6.19. The summed E-state index contributed by atoms with van der Waals surface area (Å²) in [5.41, 5.74) is 9.81. The Balaban J connectivity index is -0.0000000331. The first kappa shape index (κ1) is 37.0. The van der Waals surface area contributed by atoms with Crippen LogP contribution in [0, 0.1) is 46.9 Å². The summed E-state index contributed by atoms with van der Waals surface area (Å²) in [7, 11) is 0. The monoisotopic (exact) mass is 474 g/mol. The quantitative estimate of drug-likeness (QED) is 0.282. The van der Waals surface area contributed by atoms with Gasteiger partial charge < -0.3 is 31.9 Å². The van der Waals surface area contributed by atoms with E-state index in [4.69, 9.17) is 51.1 Å². The molecule has 0 rings (SSSR count). The molecule has 0 unspecified atom stereocenters. The van der Waals surface area contributed by atoms with E-state index in [0.29, 0.717) is 13.1 Å². The molecule has 8 N–H and O–H groups in total. The number of carboxylic acid groups (broad SMARTS) is 4. The van der Waals surface area contributed by atoms with Gasteiger partial charge in [-0.1, -0.05) is 0 Å². The Kier molecular flexibility index (Phi) is 64.4. The average Bonchev–Trinajstić information content (AvgIpc) is 2.13. The third-order valence-electron chi connectivity index (χ3n) is 0.167. The van der Waals surface area contributed by atoms with E-state index in [1.807, 2.05) is 0 Å². The van der Waals surface area contributed by atoms with Crippen molar-refractivity contribution in [1.29, 1.82) is 0 Å². The number of carboxylic acids is 4. The van der Waals surface area contributed by atoms with E-state index < -0.39 is 23.9 Å². The van der Waals surface area contributed by atoms with Crippen molar-refractivity contribution < 1.29 is 86.5 Å². The largest absolute Gasteiger partial charge is 0.481 e. The molecule has 0 heterocycles. The first-order valence-electron chi connectivity index (χ1n) is 5.03. The maximum absolute atomic E-state index is 9.00. The molecule has 0 atom stereocenters. The summed E-state index contributed by atoms with van der Waals surface area (Å²) in [6, 6.07) is 0. The summed E-state index contributed by atoms with van der Waals surface area (Å²) >= 11 is 0. The number of hydrogen-bond acceptors (Lipinski definition) is 6.